The Morgan fingerprint density at radius 3 is 2.69 bits per heavy atom. The van der Waals surface area contributed by atoms with E-state index in [4.69, 9.17) is 10.4 Å². The zero-order valence-electron chi connectivity index (χ0n) is 7.11. The van der Waals surface area contributed by atoms with Gasteiger partial charge in [-0.1, -0.05) is 0 Å². The fraction of sp³-hybridized carbons (Fsp3) is 0.625. The van der Waals surface area contributed by atoms with Gasteiger partial charge in [0, 0.05) is 0 Å². The van der Waals surface area contributed by atoms with Crippen LogP contribution in [-0.4, -0.2) is 23.7 Å². The first-order valence-corrected chi connectivity index (χ1v) is 3.89. The van der Waals surface area contributed by atoms with Gasteiger partial charge in [-0.2, -0.15) is 5.26 Å². The summed E-state index contributed by atoms with van der Waals surface area (Å²) >= 11 is 0. The first-order valence-electron chi connectivity index (χ1n) is 3.89. The van der Waals surface area contributed by atoms with Crippen LogP contribution in [0.2, 0.25) is 0 Å². The molecule has 13 heavy (non-hydrogen) atoms. The maximum atomic E-state index is 11.2. The van der Waals surface area contributed by atoms with Crippen LogP contribution in [0.4, 0.5) is 0 Å². The van der Waals surface area contributed by atoms with Gasteiger partial charge >= 0.3 is 11.9 Å². The summed E-state index contributed by atoms with van der Waals surface area (Å²) in [4.78, 5) is 21.7. The highest BCUT2D eigenvalue weighted by Crippen LogP contribution is 2.53. The highest BCUT2D eigenvalue weighted by molar-refractivity contribution is 5.92. The van der Waals surface area contributed by atoms with Crippen LogP contribution in [0.5, 0.6) is 0 Å². The van der Waals surface area contributed by atoms with E-state index in [1.807, 2.05) is 0 Å². The van der Waals surface area contributed by atoms with Crippen LogP contribution in [-0.2, 0) is 14.3 Å². The summed E-state index contributed by atoms with van der Waals surface area (Å²) in [5.74, 6) is -2.73. The Kier molecular flexibility index (Phi) is 2.24. The number of carbonyl (C=O) groups is 2. The van der Waals surface area contributed by atoms with Crippen molar-refractivity contribution in [2.45, 2.75) is 13.3 Å². The van der Waals surface area contributed by atoms with E-state index in [0.29, 0.717) is 0 Å². The van der Waals surface area contributed by atoms with Gasteiger partial charge in [-0.15, -0.1) is 0 Å². The number of ether oxygens (including phenoxy) is 1. The first kappa shape index (κ1) is 9.52. The van der Waals surface area contributed by atoms with Crippen LogP contribution < -0.4 is 0 Å². The van der Waals surface area contributed by atoms with Gasteiger partial charge in [-0.25, -0.2) is 0 Å². The molecule has 70 valence electrons. The zero-order chi connectivity index (χ0) is 10.1. The Bertz CT molecular complexity index is 293. The standard InChI is InChI=1S/C8H9NO4/c1-2-13-7(12)8(4-9)3-5(8)6(10)11/h5H,2-3H2,1H3,(H,10,11). The highest BCUT2D eigenvalue weighted by Gasteiger charge is 2.66. The molecule has 1 aliphatic rings. The van der Waals surface area contributed by atoms with Gasteiger partial charge in [0.1, 0.15) is 0 Å². The molecule has 1 aliphatic carbocycles. The van der Waals surface area contributed by atoms with Crippen molar-refractivity contribution < 1.29 is 19.4 Å². The lowest BCUT2D eigenvalue weighted by Gasteiger charge is -2.05. The number of rotatable bonds is 3. The van der Waals surface area contributed by atoms with Crippen molar-refractivity contribution in [3.63, 3.8) is 0 Å². The third-order valence-corrected chi connectivity index (χ3v) is 2.10. The topological polar surface area (TPSA) is 87.4 Å². The van der Waals surface area contributed by atoms with Gasteiger partial charge in [0.25, 0.3) is 0 Å². The second kappa shape index (κ2) is 3.05. The lowest BCUT2D eigenvalue weighted by molar-refractivity contribution is -0.151. The average Bonchev–Trinajstić information content (AvgIpc) is 2.80. The molecular formula is C8H9NO4. The Balaban J connectivity index is 2.72. The van der Waals surface area contributed by atoms with Crippen molar-refractivity contribution in [3.05, 3.63) is 0 Å². The number of nitriles is 1. The number of aliphatic carboxylic acids is 1. The molecule has 0 aromatic carbocycles. The van der Waals surface area contributed by atoms with Gasteiger partial charge in [-0.05, 0) is 13.3 Å². The summed E-state index contributed by atoms with van der Waals surface area (Å²) in [6, 6.07) is 1.71. The largest absolute Gasteiger partial charge is 0.481 e. The van der Waals surface area contributed by atoms with Crippen molar-refractivity contribution in [1.29, 1.82) is 5.26 Å². The molecule has 0 aromatic heterocycles. The van der Waals surface area contributed by atoms with Gasteiger partial charge in [0.2, 0.25) is 0 Å². The van der Waals surface area contributed by atoms with Crippen molar-refractivity contribution in [3.8, 4) is 6.07 Å². The molecule has 1 saturated carbocycles. The second-order valence-corrected chi connectivity index (χ2v) is 2.90. The number of esters is 1. The molecule has 0 heterocycles. The zero-order valence-corrected chi connectivity index (χ0v) is 7.11. The first-order chi connectivity index (χ1) is 6.08. The predicted molar refractivity (Wildman–Crippen MR) is 40.4 cm³/mol. The summed E-state index contributed by atoms with van der Waals surface area (Å²) in [6.07, 6.45) is 0.0671. The van der Waals surface area contributed by atoms with Crippen LogP contribution in [0.3, 0.4) is 0 Å². The number of carboxylic acids is 1. The van der Waals surface area contributed by atoms with Crippen LogP contribution in [0.1, 0.15) is 13.3 Å². The fourth-order valence-electron chi connectivity index (χ4n) is 1.22. The molecule has 1 fully saturated rings. The smallest absolute Gasteiger partial charge is 0.327 e. The summed E-state index contributed by atoms with van der Waals surface area (Å²) in [5, 5.41) is 17.2. The third kappa shape index (κ3) is 1.35. The lowest BCUT2D eigenvalue weighted by Crippen LogP contribution is -2.22. The Hall–Kier alpha value is -1.57. The number of nitrogens with zero attached hydrogens (tertiary/aromatic N) is 1. The van der Waals surface area contributed by atoms with E-state index in [0.717, 1.165) is 0 Å². The molecule has 1 rings (SSSR count). The van der Waals surface area contributed by atoms with Crippen LogP contribution in [0, 0.1) is 22.7 Å². The summed E-state index contributed by atoms with van der Waals surface area (Å²) in [6.45, 7) is 1.77. The maximum absolute atomic E-state index is 11.2. The molecule has 0 aliphatic heterocycles. The Labute approximate surface area is 74.9 Å². The fourth-order valence-corrected chi connectivity index (χ4v) is 1.22. The van der Waals surface area contributed by atoms with E-state index < -0.39 is 23.3 Å². The molecule has 5 nitrogen and oxygen atoms in total. The molecule has 2 atom stereocenters. The summed E-state index contributed by atoms with van der Waals surface area (Å²) in [5.41, 5.74) is -1.41. The molecule has 2 unspecified atom stereocenters. The monoisotopic (exact) mass is 183 g/mol. The molecule has 1 N–H and O–H groups in total. The average molecular weight is 183 g/mol. The third-order valence-electron chi connectivity index (χ3n) is 2.10. The van der Waals surface area contributed by atoms with E-state index in [2.05, 4.69) is 4.74 Å². The molecule has 5 heteroatoms. The van der Waals surface area contributed by atoms with E-state index in [1.165, 1.54) is 0 Å². The van der Waals surface area contributed by atoms with Crippen molar-refractivity contribution in [1.82, 2.24) is 0 Å². The van der Waals surface area contributed by atoms with E-state index in [9.17, 15) is 9.59 Å². The van der Waals surface area contributed by atoms with Gasteiger partial charge in [0.05, 0.1) is 18.6 Å². The van der Waals surface area contributed by atoms with Crippen LogP contribution in [0.25, 0.3) is 0 Å². The molecule has 0 spiro atoms. The second-order valence-electron chi connectivity index (χ2n) is 2.90. The van der Waals surface area contributed by atoms with E-state index in [-0.39, 0.29) is 13.0 Å². The minimum absolute atomic E-state index is 0.0671. The Morgan fingerprint density at radius 1 is 1.77 bits per heavy atom. The number of hydrogen-bond donors (Lipinski definition) is 1. The van der Waals surface area contributed by atoms with Crippen molar-refractivity contribution in [2.75, 3.05) is 6.61 Å². The molecule has 0 amide bonds. The quantitative estimate of drug-likeness (QED) is 0.630. The maximum Gasteiger partial charge on any atom is 0.327 e. The van der Waals surface area contributed by atoms with Crippen LogP contribution in [0.15, 0.2) is 0 Å². The minimum Gasteiger partial charge on any atom is -0.481 e. The summed E-state index contributed by atoms with van der Waals surface area (Å²) < 4.78 is 4.62. The summed E-state index contributed by atoms with van der Waals surface area (Å²) in [7, 11) is 0. The molecule has 0 aromatic rings. The van der Waals surface area contributed by atoms with Crippen molar-refractivity contribution in [2.24, 2.45) is 11.3 Å². The number of hydrogen-bond acceptors (Lipinski definition) is 4. The van der Waals surface area contributed by atoms with Gasteiger partial charge < -0.3 is 9.84 Å². The minimum atomic E-state index is -1.41. The van der Waals surface area contributed by atoms with E-state index in [1.54, 1.807) is 13.0 Å². The molecular weight excluding hydrogens is 174 g/mol. The SMILES string of the molecule is CCOC(=O)C1(C#N)CC1C(=O)O. The highest BCUT2D eigenvalue weighted by atomic mass is 16.5. The van der Waals surface area contributed by atoms with Crippen LogP contribution >= 0.6 is 0 Å². The van der Waals surface area contributed by atoms with Gasteiger partial charge in [-0.3, -0.25) is 9.59 Å². The molecule has 0 radical (unpaired) electrons. The Morgan fingerprint density at radius 2 is 2.38 bits per heavy atom. The van der Waals surface area contributed by atoms with Crippen molar-refractivity contribution >= 4 is 11.9 Å². The predicted octanol–water partition coefficient (Wildman–Crippen LogP) is 0.164. The lowest BCUT2D eigenvalue weighted by atomic mass is 10.1. The normalized spacial score (nSPS) is 30.3. The molecule has 0 bridgehead atoms. The number of carbonyl (C=O) groups excluding carboxylic acids is 1. The van der Waals surface area contributed by atoms with Gasteiger partial charge in [0.15, 0.2) is 5.41 Å². The van der Waals surface area contributed by atoms with E-state index >= 15 is 0 Å². The molecule has 0 saturated heterocycles. The number of carboxylic acid groups (broad SMARTS) is 1.